The highest BCUT2D eigenvalue weighted by atomic mass is 35.5. The zero-order valence-electron chi connectivity index (χ0n) is 9.40. The van der Waals surface area contributed by atoms with E-state index in [-0.39, 0.29) is 22.8 Å². The molecule has 1 aromatic heterocycles. The summed E-state index contributed by atoms with van der Waals surface area (Å²) in [6, 6.07) is 8.21. The van der Waals surface area contributed by atoms with Gasteiger partial charge in [-0.25, -0.2) is 4.79 Å². The third kappa shape index (κ3) is 2.60. The van der Waals surface area contributed by atoms with Gasteiger partial charge in [0, 0.05) is 22.0 Å². The Bertz CT molecular complexity index is 675. The van der Waals surface area contributed by atoms with Crippen LogP contribution in [0.1, 0.15) is 10.4 Å². The van der Waals surface area contributed by atoms with Gasteiger partial charge < -0.3 is 9.72 Å². The number of carbonyl (C=O) groups is 1. The van der Waals surface area contributed by atoms with Crippen molar-refractivity contribution in [1.82, 2.24) is 4.98 Å². The van der Waals surface area contributed by atoms with Crippen molar-refractivity contribution >= 4 is 28.5 Å². The van der Waals surface area contributed by atoms with Crippen molar-refractivity contribution in [1.29, 1.82) is 0 Å². The molecule has 2 aromatic rings. The number of rotatable bonds is 3. The fourth-order valence-corrected chi connectivity index (χ4v) is 1.65. The number of ether oxygens (including phenoxy) is 1. The van der Waals surface area contributed by atoms with E-state index < -0.39 is 5.97 Å². The predicted octanol–water partition coefficient (Wildman–Crippen LogP) is 2.44. The van der Waals surface area contributed by atoms with Crippen molar-refractivity contribution in [3.05, 3.63) is 57.9 Å². The highest BCUT2D eigenvalue weighted by molar-refractivity contribution is 6.29. The first-order valence-electron chi connectivity index (χ1n) is 5.20. The lowest BCUT2D eigenvalue weighted by molar-refractivity contribution is 0.0548. The van der Waals surface area contributed by atoms with Gasteiger partial charge in [-0.3, -0.25) is 4.79 Å². The number of halogens is 1. The van der Waals surface area contributed by atoms with E-state index in [0.29, 0.717) is 10.9 Å². The van der Waals surface area contributed by atoms with Gasteiger partial charge in [0.1, 0.15) is 6.61 Å². The number of aromatic nitrogens is 1. The minimum absolute atomic E-state index is 0.0818. The molecule has 0 radical (unpaired) electrons. The number of para-hydroxylation sites is 1. The second-order valence-corrected chi connectivity index (χ2v) is 4.22. The number of aromatic amines is 1. The van der Waals surface area contributed by atoms with Gasteiger partial charge in [-0.2, -0.15) is 0 Å². The van der Waals surface area contributed by atoms with E-state index in [1.165, 1.54) is 6.07 Å². The Morgan fingerprint density at radius 3 is 2.83 bits per heavy atom. The lowest BCUT2D eigenvalue weighted by Crippen LogP contribution is -2.13. The molecule has 92 valence electrons. The Hall–Kier alpha value is -2.07. The number of nitrogens with one attached hydrogen (secondary N) is 1. The van der Waals surface area contributed by atoms with Crippen LogP contribution in [-0.2, 0) is 4.74 Å². The molecular formula is C13H10ClNO3. The maximum atomic E-state index is 11.8. The van der Waals surface area contributed by atoms with E-state index in [4.69, 9.17) is 16.3 Å². The Balaban J connectivity index is 2.46. The van der Waals surface area contributed by atoms with Crippen LogP contribution < -0.4 is 5.56 Å². The van der Waals surface area contributed by atoms with E-state index in [9.17, 15) is 9.59 Å². The Morgan fingerprint density at radius 2 is 2.11 bits per heavy atom. The molecule has 18 heavy (non-hydrogen) atoms. The van der Waals surface area contributed by atoms with Crippen molar-refractivity contribution < 1.29 is 9.53 Å². The summed E-state index contributed by atoms with van der Waals surface area (Å²) >= 11 is 5.52. The van der Waals surface area contributed by atoms with Crippen molar-refractivity contribution in [3.63, 3.8) is 0 Å². The molecule has 0 saturated heterocycles. The number of benzene rings is 1. The van der Waals surface area contributed by atoms with Gasteiger partial charge in [-0.05, 0) is 6.07 Å². The molecule has 0 unspecified atom stereocenters. The number of esters is 1. The summed E-state index contributed by atoms with van der Waals surface area (Å²) in [4.78, 5) is 25.9. The van der Waals surface area contributed by atoms with Crippen LogP contribution >= 0.6 is 11.6 Å². The molecule has 0 bridgehead atoms. The minimum atomic E-state index is -0.598. The van der Waals surface area contributed by atoms with Crippen LogP contribution in [0.25, 0.3) is 10.9 Å². The molecule has 1 heterocycles. The van der Waals surface area contributed by atoms with Crippen LogP contribution in [0.2, 0.25) is 0 Å². The van der Waals surface area contributed by atoms with Crippen LogP contribution in [0.5, 0.6) is 0 Å². The third-order valence-corrected chi connectivity index (χ3v) is 2.44. The summed E-state index contributed by atoms with van der Waals surface area (Å²) in [5.41, 5.74) is 0.444. The van der Waals surface area contributed by atoms with Crippen LogP contribution in [0.15, 0.2) is 46.7 Å². The van der Waals surface area contributed by atoms with Crippen molar-refractivity contribution in [2.24, 2.45) is 0 Å². The molecule has 0 aliphatic carbocycles. The smallest absolute Gasteiger partial charge is 0.339 e. The number of hydrogen-bond acceptors (Lipinski definition) is 3. The molecule has 4 nitrogen and oxygen atoms in total. The van der Waals surface area contributed by atoms with Gasteiger partial charge in [-0.15, -0.1) is 0 Å². The Labute approximate surface area is 108 Å². The number of pyridine rings is 1. The van der Waals surface area contributed by atoms with Crippen molar-refractivity contribution in [3.8, 4) is 0 Å². The summed E-state index contributed by atoms with van der Waals surface area (Å²) < 4.78 is 4.93. The molecule has 0 fully saturated rings. The molecule has 0 aliphatic heterocycles. The van der Waals surface area contributed by atoms with Crippen LogP contribution in [0.4, 0.5) is 0 Å². The normalized spacial score (nSPS) is 10.3. The van der Waals surface area contributed by atoms with Gasteiger partial charge in [0.05, 0.1) is 5.56 Å². The molecule has 5 heteroatoms. The molecule has 0 atom stereocenters. The fraction of sp³-hybridized carbons (Fsp3) is 0.0769. The molecule has 2 rings (SSSR count). The summed E-state index contributed by atoms with van der Waals surface area (Å²) in [5, 5.41) is 0.847. The van der Waals surface area contributed by atoms with E-state index in [1.807, 2.05) is 0 Å². The lowest BCUT2D eigenvalue weighted by Gasteiger charge is -2.06. The van der Waals surface area contributed by atoms with Gasteiger partial charge in [0.2, 0.25) is 5.56 Å². The van der Waals surface area contributed by atoms with E-state index in [2.05, 4.69) is 11.6 Å². The van der Waals surface area contributed by atoms with Crippen molar-refractivity contribution in [2.75, 3.05) is 6.61 Å². The van der Waals surface area contributed by atoms with Gasteiger partial charge in [-0.1, -0.05) is 36.4 Å². The quantitative estimate of drug-likeness (QED) is 0.866. The first-order chi connectivity index (χ1) is 8.58. The maximum Gasteiger partial charge on any atom is 0.339 e. The first kappa shape index (κ1) is 12.4. The van der Waals surface area contributed by atoms with Crippen LogP contribution in [-0.4, -0.2) is 17.6 Å². The SMILES string of the molecule is C=C(Cl)COC(=O)c1cc(=O)[nH]c2ccccc12. The van der Waals surface area contributed by atoms with Crippen LogP contribution in [0.3, 0.4) is 0 Å². The maximum absolute atomic E-state index is 11.8. The summed E-state index contributed by atoms with van der Waals surface area (Å²) in [6.07, 6.45) is 0. The number of H-pyrrole nitrogens is 1. The standard InChI is InChI=1S/C13H10ClNO3/c1-8(14)7-18-13(17)10-6-12(16)15-11-5-3-2-4-9(10)11/h2-6H,1,7H2,(H,15,16). The minimum Gasteiger partial charge on any atom is -0.456 e. The fourth-order valence-electron chi connectivity index (χ4n) is 1.60. The largest absolute Gasteiger partial charge is 0.456 e. The van der Waals surface area contributed by atoms with Crippen molar-refractivity contribution in [2.45, 2.75) is 0 Å². The van der Waals surface area contributed by atoms with Gasteiger partial charge in [0.25, 0.3) is 0 Å². The number of carbonyl (C=O) groups excluding carboxylic acids is 1. The molecule has 0 saturated carbocycles. The highest BCUT2D eigenvalue weighted by Gasteiger charge is 2.12. The average Bonchev–Trinajstić information content (AvgIpc) is 2.34. The first-order valence-corrected chi connectivity index (χ1v) is 5.58. The summed E-state index contributed by atoms with van der Waals surface area (Å²) in [7, 11) is 0. The zero-order valence-corrected chi connectivity index (χ0v) is 10.2. The Morgan fingerprint density at radius 1 is 1.39 bits per heavy atom. The second kappa shape index (κ2) is 5.06. The molecule has 1 aromatic carbocycles. The van der Waals surface area contributed by atoms with E-state index in [1.54, 1.807) is 24.3 Å². The molecule has 0 aliphatic rings. The Kier molecular flexibility index (Phi) is 3.48. The monoisotopic (exact) mass is 263 g/mol. The van der Waals surface area contributed by atoms with E-state index >= 15 is 0 Å². The van der Waals surface area contributed by atoms with E-state index in [0.717, 1.165) is 0 Å². The number of hydrogen-bond donors (Lipinski definition) is 1. The third-order valence-electron chi connectivity index (χ3n) is 2.33. The second-order valence-electron chi connectivity index (χ2n) is 3.69. The molecule has 0 spiro atoms. The molecule has 1 N–H and O–H groups in total. The summed E-state index contributed by atoms with van der Waals surface area (Å²) in [6.45, 7) is 3.34. The lowest BCUT2D eigenvalue weighted by atomic mass is 10.1. The highest BCUT2D eigenvalue weighted by Crippen LogP contribution is 2.15. The molecule has 0 amide bonds. The predicted molar refractivity (Wildman–Crippen MR) is 69.8 cm³/mol. The molecular weight excluding hydrogens is 254 g/mol. The zero-order chi connectivity index (χ0) is 13.1. The van der Waals surface area contributed by atoms with Gasteiger partial charge >= 0.3 is 5.97 Å². The van der Waals surface area contributed by atoms with Gasteiger partial charge in [0.15, 0.2) is 0 Å². The van der Waals surface area contributed by atoms with Crippen LogP contribution in [0, 0.1) is 0 Å². The number of fused-ring (bicyclic) bond motifs is 1. The topological polar surface area (TPSA) is 59.2 Å². The summed E-state index contributed by atoms with van der Waals surface area (Å²) in [5.74, 6) is -0.598. The average molecular weight is 264 g/mol.